The highest BCUT2D eigenvalue weighted by molar-refractivity contribution is 6.27. The molecule has 0 aliphatic carbocycles. The van der Waals surface area contributed by atoms with Crippen LogP contribution in [0.25, 0.3) is 0 Å². The number of nitrogens with one attached hydrogen (secondary N) is 2. The number of fused-ring (bicyclic) bond motifs is 1. The maximum absolute atomic E-state index is 11.5. The van der Waals surface area contributed by atoms with Gasteiger partial charge in [-0.05, 0) is 31.0 Å². The number of anilines is 1. The van der Waals surface area contributed by atoms with Gasteiger partial charge in [0.25, 0.3) is 0 Å². The number of carbonyl (C=O) groups is 2. The van der Waals surface area contributed by atoms with Crippen LogP contribution < -0.4 is 10.6 Å². The standard InChI is InChI=1S/C12H14N2O2/c1-7-3-4-9-11(8(7)2)12(10(16)5-15)14-6-13-9/h3-5,12-14H,6H2,1-2H3. The Balaban J connectivity index is 2.55. The Morgan fingerprint density at radius 3 is 2.88 bits per heavy atom. The average molecular weight is 218 g/mol. The number of ketones is 1. The maximum Gasteiger partial charge on any atom is 0.216 e. The van der Waals surface area contributed by atoms with Crippen molar-refractivity contribution in [1.29, 1.82) is 0 Å². The molecule has 0 saturated heterocycles. The van der Waals surface area contributed by atoms with E-state index >= 15 is 0 Å². The molecule has 0 saturated carbocycles. The summed E-state index contributed by atoms with van der Waals surface area (Å²) in [6.07, 6.45) is 0.383. The van der Waals surface area contributed by atoms with Gasteiger partial charge in [-0.25, -0.2) is 0 Å². The van der Waals surface area contributed by atoms with Gasteiger partial charge in [0.1, 0.15) is 6.04 Å². The highest BCUT2D eigenvalue weighted by atomic mass is 16.2. The first kappa shape index (κ1) is 10.8. The molecule has 0 amide bonds. The lowest BCUT2D eigenvalue weighted by Gasteiger charge is -2.28. The van der Waals surface area contributed by atoms with Crippen LogP contribution in [0.15, 0.2) is 12.1 Å². The van der Waals surface area contributed by atoms with Crippen LogP contribution >= 0.6 is 0 Å². The van der Waals surface area contributed by atoms with Gasteiger partial charge in [0.2, 0.25) is 5.78 Å². The molecule has 2 N–H and O–H groups in total. The van der Waals surface area contributed by atoms with Crippen molar-refractivity contribution in [3.05, 3.63) is 28.8 Å². The molecule has 0 spiro atoms. The van der Waals surface area contributed by atoms with Gasteiger partial charge in [-0.15, -0.1) is 0 Å². The summed E-state index contributed by atoms with van der Waals surface area (Å²) < 4.78 is 0. The quantitative estimate of drug-likeness (QED) is 0.576. The van der Waals surface area contributed by atoms with Gasteiger partial charge in [-0.3, -0.25) is 14.9 Å². The molecule has 1 heterocycles. The number of rotatable bonds is 2. The van der Waals surface area contributed by atoms with E-state index in [-0.39, 0.29) is 0 Å². The van der Waals surface area contributed by atoms with E-state index in [2.05, 4.69) is 10.6 Å². The predicted octanol–water partition coefficient (Wildman–Crippen LogP) is 1.09. The van der Waals surface area contributed by atoms with E-state index in [4.69, 9.17) is 0 Å². The van der Waals surface area contributed by atoms with E-state index in [1.165, 1.54) is 0 Å². The fourth-order valence-corrected chi connectivity index (χ4v) is 2.02. The summed E-state index contributed by atoms with van der Waals surface area (Å²) in [5, 5.41) is 6.16. The molecule has 0 radical (unpaired) electrons. The maximum atomic E-state index is 11.5. The molecule has 4 heteroatoms. The van der Waals surface area contributed by atoms with Gasteiger partial charge in [-0.1, -0.05) is 6.07 Å². The molecule has 1 aliphatic heterocycles. The number of benzene rings is 1. The molecule has 1 atom stereocenters. The summed E-state index contributed by atoms with van der Waals surface area (Å²) in [5.41, 5.74) is 4.00. The van der Waals surface area contributed by atoms with Crippen LogP contribution in [0.2, 0.25) is 0 Å². The second-order valence-corrected chi connectivity index (χ2v) is 3.98. The SMILES string of the molecule is Cc1ccc2c(c1C)C(C(=O)C=O)NCN2. The molecular weight excluding hydrogens is 204 g/mol. The van der Waals surface area contributed by atoms with Gasteiger partial charge in [0.15, 0.2) is 6.29 Å². The lowest BCUT2D eigenvalue weighted by Crippen LogP contribution is -2.38. The predicted molar refractivity (Wildman–Crippen MR) is 61.4 cm³/mol. The highest BCUT2D eigenvalue weighted by Gasteiger charge is 2.27. The molecule has 0 bridgehead atoms. The normalized spacial score (nSPS) is 18.5. The number of Topliss-reactive ketones (excluding diaryl/α,β-unsaturated/α-hetero) is 1. The highest BCUT2D eigenvalue weighted by Crippen LogP contribution is 2.31. The minimum absolute atomic E-state index is 0.383. The first-order valence-electron chi connectivity index (χ1n) is 5.21. The summed E-state index contributed by atoms with van der Waals surface area (Å²) in [4.78, 5) is 22.1. The van der Waals surface area contributed by atoms with Crippen molar-refractivity contribution in [3.63, 3.8) is 0 Å². The third kappa shape index (κ3) is 1.61. The molecule has 16 heavy (non-hydrogen) atoms. The van der Waals surface area contributed by atoms with Crippen molar-refractivity contribution < 1.29 is 9.59 Å². The number of hydrogen-bond acceptors (Lipinski definition) is 4. The van der Waals surface area contributed by atoms with Crippen molar-refractivity contribution in [2.24, 2.45) is 0 Å². The zero-order chi connectivity index (χ0) is 11.7. The van der Waals surface area contributed by atoms with E-state index in [0.29, 0.717) is 13.0 Å². The van der Waals surface area contributed by atoms with Gasteiger partial charge < -0.3 is 5.32 Å². The van der Waals surface area contributed by atoms with Crippen molar-refractivity contribution in [3.8, 4) is 0 Å². The molecule has 0 aromatic heterocycles. The Kier molecular flexibility index (Phi) is 2.75. The van der Waals surface area contributed by atoms with Gasteiger partial charge >= 0.3 is 0 Å². The van der Waals surface area contributed by atoms with Gasteiger partial charge in [0, 0.05) is 11.3 Å². The second kappa shape index (κ2) is 4.06. The van der Waals surface area contributed by atoms with Gasteiger partial charge in [0.05, 0.1) is 6.67 Å². The van der Waals surface area contributed by atoms with E-state index in [9.17, 15) is 9.59 Å². The van der Waals surface area contributed by atoms with Crippen LogP contribution in [0.1, 0.15) is 22.7 Å². The van der Waals surface area contributed by atoms with E-state index in [0.717, 1.165) is 22.4 Å². The van der Waals surface area contributed by atoms with Crippen molar-refractivity contribution in [2.75, 3.05) is 12.0 Å². The number of hydrogen-bond donors (Lipinski definition) is 2. The largest absolute Gasteiger partial charge is 0.372 e. The van der Waals surface area contributed by atoms with Crippen molar-refractivity contribution in [2.45, 2.75) is 19.9 Å². The average Bonchev–Trinajstić information content (AvgIpc) is 2.32. The summed E-state index contributed by atoms with van der Waals surface area (Å²) >= 11 is 0. The monoisotopic (exact) mass is 218 g/mol. The fraction of sp³-hybridized carbons (Fsp3) is 0.333. The van der Waals surface area contributed by atoms with Crippen LogP contribution in [0.4, 0.5) is 5.69 Å². The summed E-state index contributed by atoms with van der Waals surface area (Å²) in [7, 11) is 0. The minimum atomic E-state index is -0.506. The van der Waals surface area contributed by atoms with E-state index < -0.39 is 11.8 Å². The Morgan fingerprint density at radius 2 is 2.19 bits per heavy atom. The Hall–Kier alpha value is -1.68. The van der Waals surface area contributed by atoms with Crippen molar-refractivity contribution in [1.82, 2.24) is 5.32 Å². The van der Waals surface area contributed by atoms with E-state index in [1.807, 2.05) is 26.0 Å². The summed E-state index contributed by atoms with van der Waals surface area (Å²) in [6.45, 7) is 4.46. The van der Waals surface area contributed by atoms with Gasteiger partial charge in [-0.2, -0.15) is 0 Å². The van der Waals surface area contributed by atoms with Crippen LogP contribution in [0, 0.1) is 13.8 Å². The third-order valence-electron chi connectivity index (χ3n) is 3.06. The molecule has 84 valence electrons. The molecule has 1 aliphatic rings. The van der Waals surface area contributed by atoms with Crippen molar-refractivity contribution >= 4 is 17.8 Å². The molecule has 1 unspecified atom stereocenters. The zero-order valence-corrected chi connectivity index (χ0v) is 9.33. The topological polar surface area (TPSA) is 58.2 Å². The van der Waals surface area contributed by atoms with Crippen LogP contribution in [-0.4, -0.2) is 18.7 Å². The third-order valence-corrected chi connectivity index (χ3v) is 3.06. The Labute approximate surface area is 94.0 Å². The molecule has 4 nitrogen and oxygen atoms in total. The van der Waals surface area contributed by atoms with E-state index in [1.54, 1.807) is 0 Å². The minimum Gasteiger partial charge on any atom is -0.372 e. The van der Waals surface area contributed by atoms with Crippen LogP contribution in [0.3, 0.4) is 0 Å². The second-order valence-electron chi connectivity index (χ2n) is 3.98. The number of aldehydes is 1. The lowest BCUT2D eigenvalue weighted by atomic mass is 9.92. The fourth-order valence-electron chi connectivity index (χ4n) is 2.02. The zero-order valence-electron chi connectivity index (χ0n) is 9.33. The Bertz CT molecular complexity index is 455. The molecule has 2 rings (SSSR count). The smallest absolute Gasteiger partial charge is 0.216 e. The first-order valence-corrected chi connectivity index (χ1v) is 5.21. The number of carbonyl (C=O) groups excluding carboxylic acids is 2. The number of aryl methyl sites for hydroxylation is 1. The van der Waals surface area contributed by atoms with Crippen LogP contribution in [0.5, 0.6) is 0 Å². The molecule has 1 aromatic rings. The molecule has 0 fully saturated rings. The summed E-state index contributed by atoms with van der Waals surface area (Å²) in [5.74, 6) is -0.420. The molecule has 1 aromatic carbocycles. The summed E-state index contributed by atoms with van der Waals surface area (Å²) in [6, 6.07) is 3.45. The molecular formula is C12H14N2O2. The Morgan fingerprint density at radius 1 is 1.44 bits per heavy atom. The first-order chi connectivity index (χ1) is 7.65. The lowest BCUT2D eigenvalue weighted by molar-refractivity contribution is -0.131. The van der Waals surface area contributed by atoms with Crippen LogP contribution in [-0.2, 0) is 9.59 Å².